The molecule has 4 rings (SSSR count). The van der Waals surface area contributed by atoms with Crippen LogP contribution in [0.3, 0.4) is 0 Å². The third-order valence-electron chi connectivity index (χ3n) is 4.33. The minimum Gasteiger partial charge on any atom is -0.451 e. The zero-order chi connectivity index (χ0) is 21.5. The molecule has 0 atom stereocenters. The van der Waals surface area contributed by atoms with Crippen LogP contribution in [0, 0.1) is 0 Å². The Hall–Kier alpha value is -4.39. The topological polar surface area (TPSA) is 93.0 Å². The van der Waals surface area contributed by atoms with Gasteiger partial charge in [-0.05, 0) is 48.5 Å². The third kappa shape index (κ3) is 5.36. The maximum absolute atomic E-state index is 12.2. The number of ether oxygens (including phenoxy) is 1. The molecule has 4 aromatic rings. The number of amides is 1. The first-order valence-electron chi connectivity index (χ1n) is 9.57. The Morgan fingerprint density at radius 2 is 1.45 bits per heavy atom. The van der Waals surface area contributed by atoms with Crippen molar-refractivity contribution in [3.8, 4) is 0 Å². The molecule has 0 fully saturated rings. The van der Waals surface area contributed by atoms with Crippen molar-refractivity contribution < 1.29 is 14.3 Å². The van der Waals surface area contributed by atoms with Gasteiger partial charge >= 0.3 is 5.97 Å². The number of para-hydroxylation sites is 1. The lowest BCUT2D eigenvalue weighted by Crippen LogP contribution is -2.21. The van der Waals surface area contributed by atoms with Gasteiger partial charge < -0.3 is 10.1 Å². The number of carbonyl (C=O) groups excluding carboxylic acids is 2. The molecule has 0 spiro atoms. The molecule has 31 heavy (non-hydrogen) atoms. The molecule has 0 aliphatic rings. The maximum Gasteiger partial charge on any atom is 0.357 e. The highest BCUT2D eigenvalue weighted by atomic mass is 16.5. The van der Waals surface area contributed by atoms with E-state index in [0.29, 0.717) is 16.9 Å². The molecule has 152 valence electrons. The van der Waals surface area contributed by atoms with Crippen molar-refractivity contribution >= 4 is 39.8 Å². The van der Waals surface area contributed by atoms with Gasteiger partial charge in [0.1, 0.15) is 5.69 Å². The molecule has 3 aromatic carbocycles. The number of nitrogens with zero attached hydrogens (tertiary/aromatic N) is 3. The molecule has 1 amide bonds. The summed E-state index contributed by atoms with van der Waals surface area (Å²) in [4.78, 5) is 28.6. The molecule has 0 aliphatic carbocycles. The monoisotopic (exact) mass is 410 g/mol. The third-order valence-corrected chi connectivity index (χ3v) is 4.33. The number of aromatic nitrogens is 1. The number of azo groups is 1. The Morgan fingerprint density at radius 1 is 0.774 bits per heavy atom. The Bertz CT molecular complexity index is 1240. The van der Waals surface area contributed by atoms with Crippen molar-refractivity contribution in [3.05, 3.63) is 96.7 Å². The van der Waals surface area contributed by atoms with E-state index in [2.05, 4.69) is 20.5 Å². The first kappa shape index (κ1) is 19.9. The van der Waals surface area contributed by atoms with E-state index < -0.39 is 18.5 Å². The van der Waals surface area contributed by atoms with Gasteiger partial charge in [-0.2, -0.15) is 10.2 Å². The zero-order valence-corrected chi connectivity index (χ0v) is 16.4. The second-order valence-corrected chi connectivity index (χ2v) is 6.60. The predicted molar refractivity (Wildman–Crippen MR) is 118 cm³/mol. The fourth-order valence-corrected chi connectivity index (χ4v) is 2.80. The van der Waals surface area contributed by atoms with Crippen LogP contribution in [0.1, 0.15) is 10.5 Å². The van der Waals surface area contributed by atoms with Crippen LogP contribution in [0.5, 0.6) is 0 Å². The summed E-state index contributed by atoms with van der Waals surface area (Å²) in [5.74, 6) is -1.11. The van der Waals surface area contributed by atoms with E-state index in [9.17, 15) is 9.59 Å². The molecule has 0 saturated carbocycles. The molecule has 0 saturated heterocycles. The van der Waals surface area contributed by atoms with Gasteiger partial charge in [0.05, 0.1) is 16.9 Å². The van der Waals surface area contributed by atoms with Gasteiger partial charge in [0.25, 0.3) is 5.91 Å². The number of pyridine rings is 1. The lowest BCUT2D eigenvalue weighted by Gasteiger charge is -2.07. The molecule has 1 heterocycles. The number of hydrogen-bond acceptors (Lipinski definition) is 6. The summed E-state index contributed by atoms with van der Waals surface area (Å²) in [5.41, 5.74) is 2.80. The first-order chi connectivity index (χ1) is 15.2. The molecule has 1 N–H and O–H groups in total. The van der Waals surface area contributed by atoms with Crippen molar-refractivity contribution in [2.24, 2.45) is 10.2 Å². The normalized spacial score (nSPS) is 10.8. The summed E-state index contributed by atoms with van der Waals surface area (Å²) in [6.07, 6.45) is 0. The van der Waals surface area contributed by atoms with Gasteiger partial charge in [-0.3, -0.25) is 4.79 Å². The largest absolute Gasteiger partial charge is 0.451 e. The molecule has 0 unspecified atom stereocenters. The molecular weight excluding hydrogens is 392 g/mol. The van der Waals surface area contributed by atoms with Crippen LogP contribution in [-0.2, 0) is 9.53 Å². The second kappa shape index (κ2) is 9.41. The van der Waals surface area contributed by atoms with E-state index in [1.165, 1.54) is 0 Å². The number of carbonyl (C=O) groups is 2. The van der Waals surface area contributed by atoms with Gasteiger partial charge in [0.15, 0.2) is 6.61 Å². The van der Waals surface area contributed by atoms with E-state index in [4.69, 9.17) is 4.74 Å². The fourth-order valence-electron chi connectivity index (χ4n) is 2.80. The average molecular weight is 410 g/mol. The highest BCUT2D eigenvalue weighted by Gasteiger charge is 2.12. The molecule has 1 aromatic heterocycles. The Morgan fingerprint density at radius 3 is 2.23 bits per heavy atom. The number of fused-ring (bicyclic) bond motifs is 1. The number of nitrogens with one attached hydrogen (secondary N) is 1. The van der Waals surface area contributed by atoms with Crippen molar-refractivity contribution in [2.45, 2.75) is 0 Å². The fraction of sp³-hybridized carbons (Fsp3) is 0.0417. The van der Waals surface area contributed by atoms with E-state index in [1.54, 1.807) is 36.4 Å². The van der Waals surface area contributed by atoms with Crippen LogP contribution in [0.4, 0.5) is 17.1 Å². The molecular formula is C24H18N4O3. The standard InChI is InChI=1S/C24H18N4O3/c29-23(16-31-24(30)22-15-10-17-6-4-5-9-21(17)26-22)25-18-11-13-20(14-12-18)28-27-19-7-2-1-3-8-19/h1-15H,16H2,(H,25,29). The average Bonchev–Trinajstić information content (AvgIpc) is 2.82. The summed E-state index contributed by atoms with van der Waals surface area (Å²) in [7, 11) is 0. The number of hydrogen-bond donors (Lipinski definition) is 1. The SMILES string of the molecule is O=C(COC(=O)c1ccc2ccccc2n1)Nc1ccc(N=Nc2ccccc2)cc1. The van der Waals surface area contributed by atoms with Crippen LogP contribution < -0.4 is 5.32 Å². The van der Waals surface area contributed by atoms with Crippen molar-refractivity contribution in [3.63, 3.8) is 0 Å². The predicted octanol–water partition coefficient (Wildman–Crippen LogP) is 5.45. The number of anilines is 1. The highest BCUT2D eigenvalue weighted by molar-refractivity contribution is 5.95. The van der Waals surface area contributed by atoms with Gasteiger partial charge in [0.2, 0.25) is 0 Å². The smallest absolute Gasteiger partial charge is 0.357 e. The highest BCUT2D eigenvalue weighted by Crippen LogP contribution is 2.20. The Labute approximate surface area is 178 Å². The van der Waals surface area contributed by atoms with Gasteiger partial charge in [-0.1, -0.05) is 42.5 Å². The van der Waals surface area contributed by atoms with Crippen molar-refractivity contribution in [1.82, 2.24) is 4.98 Å². The van der Waals surface area contributed by atoms with E-state index in [1.807, 2.05) is 54.6 Å². The summed E-state index contributed by atoms with van der Waals surface area (Å²) >= 11 is 0. The van der Waals surface area contributed by atoms with Gasteiger partial charge in [-0.25, -0.2) is 9.78 Å². The molecule has 0 bridgehead atoms. The molecule has 7 nitrogen and oxygen atoms in total. The molecule has 0 radical (unpaired) electrons. The molecule has 7 heteroatoms. The van der Waals surface area contributed by atoms with Crippen molar-refractivity contribution in [1.29, 1.82) is 0 Å². The minimum atomic E-state index is -0.655. The van der Waals surface area contributed by atoms with E-state index in [0.717, 1.165) is 11.1 Å². The number of benzene rings is 3. The van der Waals surface area contributed by atoms with Gasteiger partial charge in [0, 0.05) is 11.1 Å². The van der Waals surface area contributed by atoms with Crippen LogP contribution in [0.2, 0.25) is 0 Å². The van der Waals surface area contributed by atoms with Crippen molar-refractivity contribution in [2.75, 3.05) is 11.9 Å². The summed E-state index contributed by atoms with van der Waals surface area (Å²) in [5, 5.41) is 11.9. The summed E-state index contributed by atoms with van der Waals surface area (Å²) < 4.78 is 5.08. The second-order valence-electron chi connectivity index (χ2n) is 6.60. The van der Waals surface area contributed by atoms with E-state index in [-0.39, 0.29) is 5.69 Å². The van der Waals surface area contributed by atoms with E-state index >= 15 is 0 Å². The molecule has 0 aliphatic heterocycles. The van der Waals surface area contributed by atoms with Crippen LogP contribution in [-0.4, -0.2) is 23.5 Å². The quantitative estimate of drug-likeness (QED) is 0.338. The van der Waals surface area contributed by atoms with Crippen LogP contribution in [0.15, 0.2) is 101 Å². The lowest BCUT2D eigenvalue weighted by atomic mass is 10.2. The minimum absolute atomic E-state index is 0.152. The summed E-state index contributed by atoms with van der Waals surface area (Å²) in [6, 6.07) is 27.0. The van der Waals surface area contributed by atoms with Gasteiger partial charge in [-0.15, -0.1) is 0 Å². The Balaban J connectivity index is 1.30. The van der Waals surface area contributed by atoms with Crippen LogP contribution in [0.25, 0.3) is 10.9 Å². The lowest BCUT2D eigenvalue weighted by molar-refractivity contribution is -0.119. The van der Waals surface area contributed by atoms with Crippen LogP contribution >= 0.6 is 0 Å². The Kier molecular flexibility index (Phi) is 6.04. The maximum atomic E-state index is 12.2. The summed E-state index contributed by atoms with van der Waals surface area (Å²) in [6.45, 7) is -0.414. The first-order valence-corrected chi connectivity index (χ1v) is 9.57. The number of esters is 1. The number of rotatable bonds is 6. The zero-order valence-electron chi connectivity index (χ0n) is 16.4.